The summed E-state index contributed by atoms with van der Waals surface area (Å²) in [5.74, 6) is -0.317. The minimum atomic E-state index is -0.502. The second kappa shape index (κ2) is 10.1. The van der Waals surface area contributed by atoms with Gasteiger partial charge in [-0.3, -0.25) is 4.79 Å². The monoisotopic (exact) mass is 498 g/mol. The molecule has 0 bridgehead atoms. The molecule has 0 atom stereocenters. The van der Waals surface area contributed by atoms with Crippen LogP contribution in [0, 0.1) is 0 Å². The standard InChI is InChI=1S/C28H19ClN2O3S/c29-26-23-10-3-4-11-24(23)35-27(26)28(33)34-21-14-12-18(13-15-21)17-30-31-25(32)16-20-8-5-7-19-6-1-2-9-22(19)20/h1-15,17H,16H2,(H,31,32)/b30-17-. The Balaban J connectivity index is 1.19. The van der Waals surface area contributed by atoms with Crippen LogP contribution in [0.4, 0.5) is 0 Å². The first-order valence-electron chi connectivity index (χ1n) is 10.9. The molecule has 0 saturated heterocycles. The Kier molecular flexibility index (Phi) is 6.57. The summed E-state index contributed by atoms with van der Waals surface area (Å²) in [6, 6.07) is 28.2. The molecule has 1 amide bonds. The first-order chi connectivity index (χ1) is 17.1. The van der Waals surface area contributed by atoms with Gasteiger partial charge >= 0.3 is 5.97 Å². The second-order valence-electron chi connectivity index (χ2n) is 7.81. The molecule has 35 heavy (non-hydrogen) atoms. The minimum Gasteiger partial charge on any atom is -0.422 e. The Hall–Kier alpha value is -4.00. The van der Waals surface area contributed by atoms with E-state index < -0.39 is 5.97 Å². The number of hydrazone groups is 1. The average molecular weight is 499 g/mol. The van der Waals surface area contributed by atoms with E-state index in [0.717, 1.165) is 32.0 Å². The lowest BCUT2D eigenvalue weighted by Gasteiger charge is -2.05. The highest BCUT2D eigenvalue weighted by molar-refractivity contribution is 7.21. The number of thiophene rings is 1. The highest BCUT2D eigenvalue weighted by Crippen LogP contribution is 2.35. The molecule has 1 N–H and O–H groups in total. The number of benzene rings is 4. The number of ether oxygens (including phenoxy) is 1. The maximum absolute atomic E-state index is 12.6. The molecule has 0 saturated carbocycles. The second-order valence-corrected chi connectivity index (χ2v) is 9.24. The first kappa shape index (κ1) is 22.8. The van der Waals surface area contributed by atoms with Gasteiger partial charge in [0.25, 0.3) is 0 Å². The van der Waals surface area contributed by atoms with E-state index in [0.29, 0.717) is 15.6 Å². The Morgan fingerprint density at radius 2 is 1.60 bits per heavy atom. The number of fused-ring (bicyclic) bond motifs is 2. The Morgan fingerprint density at radius 1 is 0.886 bits per heavy atom. The van der Waals surface area contributed by atoms with Gasteiger partial charge in [-0.1, -0.05) is 72.3 Å². The lowest BCUT2D eigenvalue weighted by atomic mass is 10.0. The fourth-order valence-electron chi connectivity index (χ4n) is 3.76. The van der Waals surface area contributed by atoms with Gasteiger partial charge in [-0.05, 0) is 52.2 Å². The molecule has 172 valence electrons. The molecule has 0 radical (unpaired) electrons. The third kappa shape index (κ3) is 5.09. The predicted molar refractivity (Wildman–Crippen MR) is 142 cm³/mol. The van der Waals surface area contributed by atoms with Crippen molar-refractivity contribution in [2.75, 3.05) is 0 Å². The van der Waals surface area contributed by atoms with Crippen molar-refractivity contribution >= 4 is 61.9 Å². The van der Waals surface area contributed by atoms with Crippen molar-refractivity contribution in [1.82, 2.24) is 5.43 Å². The molecular formula is C28H19ClN2O3S. The van der Waals surface area contributed by atoms with Crippen LogP contribution < -0.4 is 10.2 Å². The van der Waals surface area contributed by atoms with Crippen LogP contribution >= 0.6 is 22.9 Å². The highest BCUT2D eigenvalue weighted by atomic mass is 35.5. The summed E-state index contributed by atoms with van der Waals surface area (Å²) in [6.45, 7) is 0. The summed E-state index contributed by atoms with van der Waals surface area (Å²) < 4.78 is 6.41. The van der Waals surface area contributed by atoms with Crippen molar-refractivity contribution < 1.29 is 14.3 Å². The van der Waals surface area contributed by atoms with Crippen molar-refractivity contribution in [2.45, 2.75) is 6.42 Å². The number of amides is 1. The van der Waals surface area contributed by atoms with Gasteiger partial charge in [0.2, 0.25) is 5.91 Å². The van der Waals surface area contributed by atoms with Crippen molar-refractivity contribution in [2.24, 2.45) is 5.10 Å². The van der Waals surface area contributed by atoms with Gasteiger partial charge in [-0.2, -0.15) is 5.10 Å². The molecule has 1 heterocycles. The number of nitrogens with one attached hydrogen (secondary N) is 1. The molecule has 5 rings (SSSR count). The Bertz CT molecular complexity index is 1570. The van der Waals surface area contributed by atoms with Crippen LogP contribution in [-0.2, 0) is 11.2 Å². The summed E-state index contributed by atoms with van der Waals surface area (Å²) in [5.41, 5.74) is 4.25. The average Bonchev–Trinajstić information content (AvgIpc) is 3.22. The van der Waals surface area contributed by atoms with E-state index in [4.69, 9.17) is 16.3 Å². The van der Waals surface area contributed by atoms with E-state index in [1.165, 1.54) is 17.6 Å². The third-order valence-corrected chi connectivity index (χ3v) is 7.10. The number of carbonyl (C=O) groups is 2. The van der Waals surface area contributed by atoms with Crippen molar-refractivity contribution in [1.29, 1.82) is 0 Å². The number of hydrogen-bond acceptors (Lipinski definition) is 5. The topological polar surface area (TPSA) is 67.8 Å². The lowest BCUT2D eigenvalue weighted by molar-refractivity contribution is -0.120. The molecule has 0 spiro atoms. The molecule has 5 nitrogen and oxygen atoms in total. The molecule has 1 aromatic heterocycles. The normalized spacial score (nSPS) is 11.2. The van der Waals surface area contributed by atoms with Crippen molar-refractivity contribution in [3.05, 3.63) is 112 Å². The Morgan fingerprint density at radius 3 is 2.40 bits per heavy atom. The van der Waals surface area contributed by atoms with Crippen molar-refractivity contribution in [3.8, 4) is 5.75 Å². The first-order valence-corrected chi connectivity index (χ1v) is 12.1. The molecule has 5 aromatic rings. The molecule has 0 aliphatic heterocycles. The smallest absolute Gasteiger partial charge is 0.355 e. The molecule has 0 fully saturated rings. The maximum atomic E-state index is 12.6. The molecular weight excluding hydrogens is 480 g/mol. The molecule has 4 aromatic carbocycles. The summed E-state index contributed by atoms with van der Waals surface area (Å²) in [7, 11) is 0. The largest absolute Gasteiger partial charge is 0.422 e. The van der Waals surface area contributed by atoms with Crippen LogP contribution in [0.2, 0.25) is 5.02 Å². The van der Waals surface area contributed by atoms with Gasteiger partial charge in [0.1, 0.15) is 10.6 Å². The number of nitrogens with zero attached hydrogens (tertiary/aromatic N) is 1. The van der Waals surface area contributed by atoms with Crippen LogP contribution in [0.5, 0.6) is 5.75 Å². The zero-order chi connectivity index (χ0) is 24.2. The summed E-state index contributed by atoms with van der Waals surface area (Å²) in [4.78, 5) is 25.3. The number of rotatable bonds is 6. The minimum absolute atomic E-state index is 0.205. The van der Waals surface area contributed by atoms with Gasteiger partial charge in [0.05, 0.1) is 17.7 Å². The quantitative estimate of drug-likeness (QED) is 0.124. The van der Waals surface area contributed by atoms with E-state index in [1.54, 1.807) is 24.3 Å². The van der Waals surface area contributed by atoms with Crippen molar-refractivity contribution in [3.63, 3.8) is 0 Å². The van der Waals surface area contributed by atoms with Gasteiger partial charge < -0.3 is 4.74 Å². The molecule has 0 unspecified atom stereocenters. The van der Waals surface area contributed by atoms with Crippen LogP contribution in [0.1, 0.15) is 20.8 Å². The van der Waals surface area contributed by atoms with Gasteiger partial charge in [0, 0.05) is 10.1 Å². The van der Waals surface area contributed by atoms with Crippen LogP contribution in [0.25, 0.3) is 20.9 Å². The SMILES string of the molecule is O=C(Cc1cccc2ccccc12)N/N=C\c1ccc(OC(=O)c2sc3ccccc3c2Cl)cc1. The fraction of sp³-hybridized carbons (Fsp3) is 0.0357. The predicted octanol–water partition coefficient (Wildman–Crippen LogP) is 6.62. The lowest BCUT2D eigenvalue weighted by Crippen LogP contribution is -2.19. The van der Waals surface area contributed by atoms with Crippen LogP contribution in [0.3, 0.4) is 0 Å². The van der Waals surface area contributed by atoms with Crippen LogP contribution in [-0.4, -0.2) is 18.1 Å². The molecule has 0 aliphatic rings. The van der Waals surface area contributed by atoms with E-state index in [-0.39, 0.29) is 12.3 Å². The van der Waals surface area contributed by atoms with E-state index in [1.807, 2.05) is 66.7 Å². The van der Waals surface area contributed by atoms with Gasteiger partial charge in [-0.25, -0.2) is 10.2 Å². The van der Waals surface area contributed by atoms with Crippen LogP contribution in [0.15, 0.2) is 96.1 Å². The highest BCUT2D eigenvalue weighted by Gasteiger charge is 2.18. The number of esters is 1. The third-order valence-electron chi connectivity index (χ3n) is 5.44. The van der Waals surface area contributed by atoms with E-state index >= 15 is 0 Å². The van der Waals surface area contributed by atoms with E-state index in [2.05, 4.69) is 10.5 Å². The fourth-order valence-corrected chi connectivity index (χ4v) is 5.14. The van der Waals surface area contributed by atoms with Gasteiger partial charge in [-0.15, -0.1) is 11.3 Å². The van der Waals surface area contributed by atoms with Gasteiger partial charge in [0.15, 0.2) is 0 Å². The molecule has 7 heteroatoms. The number of hydrogen-bond donors (Lipinski definition) is 1. The Labute approximate surface area is 210 Å². The number of halogens is 1. The zero-order valence-electron chi connectivity index (χ0n) is 18.4. The summed E-state index contributed by atoms with van der Waals surface area (Å²) in [6.07, 6.45) is 1.77. The molecule has 0 aliphatic carbocycles. The summed E-state index contributed by atoms with van der Waals surface area (Å²) in [5, 5.41) is 7.42. The summed E-state index contributed by atoms with van der Waals surface area (Å²) >= 11 is 7.66. The number of carbonyl (C=O) groups excluding carboxylic acids is 2. The maximum Gasteiger partial charge on any atom is 0.355 e. The van der Waals surface area contributed by atoms with E-state index in [9.17, 15) is 9.59 Å². The zero-order valence-corrected chi connectivity index (χ0v) is 20.0.